The lowest BCUT2D eigenvalue weighted by molar-refractivity contribution is 1.24. The van der Waals surface area contributed by atoms with Crippen LogP contribution in [0.5, 0.6) is 0 Å². The van der Waals surface area contributed by atoms with Gasteiger partial charge in [-0.1, -0.05) is 121 Å². The number of aromatic nitrogens is 2. The number of benzene rings is 6. The van der Waals surface area contributed by atoms with Gasteiger partial charge in [0.1, 0.15) is 0 Å². The quantitative estimate of drug-likeness (QED) is 0.186. The average Bonchev–Trinajstić information content (AvgIpc) is 3.51. The molecule has 48 heavy (non-hydrogen) atoms. The highest BCUT2D eigenvalue weighted by Crippen LogP contribution is 2.40. The van der Waals surface area contributed by atoms with E-state index < -0.39 is 0 Å². The van der Waals surface area contributed by atoms with Crippen molar-refractivity contribution < 1.29 is 0 Å². The minimum absolute atomic E-state index is 1.06. The third-order valence-corrected chi connectivity index (χ3v) is 9.26. The summed E-state index contributed by atoms with van der Waals surface area (Å²) in [6.07, 6.45) is 3.70. The van der Waals surface area contributed by atoms with Crippen LogP contribution >= 0.6 is 0 Å². The van der Waals surface area contributed by atoms with Crippen LogP contribution in [0.3, 0.4) is 0 Å². The molecule has 0 amide bonds. The van der Waals surface area contributed by atoms with Crippen molar-refractivity contribution in [3.05, 3.63) is 188 Å². The number of pyridine rings is 2. The molecule has 3 aromatic heterocycles. The van der Waals surface area contributed by atoms with Crippen LogP contribution in [0.1, 0.15) is 0 Å². The first-order valence-electron chi connectivity index (χ1n) is 16.3. The lowest BCUT2D eigenvalue weighted by Crippen LogP contribution is -2.10. The summed E-state index contributed by atoms with van der Waals surface area (Å²) in [6, 6.07) is 63.1. The highest BCUT2D eigenvalue weighted by molar-refractivity contribution is 6.08. The van der Waals surface area contributed by atoms with E-state index >= 15 is 0 Å². The van der Waals surface area contributed by atoms with E-state index in [4.69, 9.17) is 0 Å². The molecular weight excluding hydrogens is 583 g/mol. The molecule has 0 unspecified atom stereocenters. The van der Waals surface area contributed by atoms with Crippen LogP contribution in [0.2, 0.25) is 0 Å². The molecule has 6 aromatic carbocycles. The Morgan fingerprint density at radius 2 is 0.979 bits per heavy atom. The van der Waals surface area contributed by atoms with E-state index in [1.54, 1.807) is 0 Å². The van der Waals surface area contributed by atoms with Crippen LogP contribution < -0.4 is 4.90 Å². The van der Waals surface area contributed by atoms with E-state index in [0.29, 0.717) is 0 Å². The van der Waals surface area contributed by atoms with Crippen molar-refractivity contribution in [2.45, 2.75) is 0 Å². The fraction of sp³-hybridized carbons (Fsp3) is 0. The SMILES string of the molecule is c1ccc(-c2ccc(N(c3ccncc3)c3cccc(-c4ccc5ccc6c(-c7ccccc7)c7ccccc7n6c5c4)c3)cc2)cc1. The monoisotopic (exact) mass is 613 g/mol. The van der Waals surface area contributed by atoms with Crippen molar-refractivity contribution in [1.29, 1.82) is 0 Å². The topological polar surface area (TPSA) is 20.5 Å². The third kappa shape index (κ3) is 4.81. The van der Waals surface area contributed by atoms with Crippen LogP contribution in [0.25, 0.3) is 60.7 Å². The van der Waals surface area contributed by atoms with Crippen molar-refractivity contribution in [2.24, 2.45) is 0 Å². The van der Waals surface area contributed by atoms with Gasteiger partial charge in [-0.15, -0.1) is 0 Å². The van der Waals surface area contributed by atoms with Gasteiger partial charge in [0.15, 0.2) is 0 Å². The van der Waals surface area contributed by atoms with Crippen molar-refractivity contribution >= 4 is 44.4 Å². The third-order valence-electron chi connectivity index (χ3n) is 9.26. The second-order valence-electron chi connectivity index (χ2n) is 12.1. The van der Waals surface area contributed by atoms with E-state index in [1.165, 1.54) is 55.1 Å². The van der Waals surface area contributed by atoms with E-state index in [-0.39, 0.29) is 0 Å². The molecule has 0 fully saturated rings. The number of fused-ring (bicyclic) bond motifs is 5. The van der Waals surface area contributed by atoms with Gasteiger partial charge >= 0.3 is 0 Å². The van der Waals surface area contributed by atoms with Gasteiger partial charge in [-0.05, 0) is 87.8 Å². The highest BCUT2D eigenvalue weighted by atomic mass is 15.1. The smallest absolute Gasteiger partial charge is 0.0547 e. The standard InChI is InChI=1S/C45H31N3/c1-3-10-32(11-4-1)33-20-23-38(24-21-33)47(39-26-28-46-29-27-39)40-15-9-14-36(30-40)37-19-18-34-22-25-43-45(35-12-5-2-6-13-35)41-16-7-8-17-42(41)48(43)44(34)31-37/h1-31H. The zero-order valence-electron chi connectivity index (χ0n) is 26.2. The van der Waals surface area contributed by atoms with Gasteiger partial charge in [-0.25, -0.2) is 0 Å². The molecule has 0 bridgehead atoms. The molecule has 0 saturated carbocycles. The predicted molar refractivity (Wildman–Crippen MR) is 201 cm³/mol. The molecule has 3 heteroatoms. The van der Waals surface area contributed by atoms with Crippen LogP contribution in [-0.4, -0.2) is 9.38 Å². The zero-order valence-corrected chi connectivity index (χ0v) is 26.2. The first-order valence-corrected chi connectivity index (χ1v) is 16.3. The Morgan fingerprint density at radius 3 is 1.77 bits per heavy atom. The van der Waals surface area contributed by atoms with E-state index in [2.05, 4.69) is 190 Å². The number of para-hydroxylation sites is 1. The molecule has 3 nitrogen and oxygen atoms in total. The molecule has 0 aliphatic carbocycles. The normalized spacial score (nSPS) is 11.3. The number of rotatable bonds is 6. The van der Waals surface area contributed by atoms with Crippen molar-refractivity contribution in [1.82, 2.24) is 9.38 Å². The maximum atomic E-state index is 4.30. The molecule has 0 saturated heterocycles. The minimum Gasteiger partial charge on any atom is -0.310 e. The van der Waals surface area contributed by atoms with E-state index in [1.807, 2.05) is 12.4 Å². The second-order valence-corrected chi connectivity index (χ2v) is 12.1. The Bertz CT molecular complexity index is 2540. The molecule has 0 aliphatic rings. The van der Waals surface area contributed by atoms with Crippen molar-refractivity contribution in [2.75, 3.05) is 4.90 Å². The number of nitrogens with zero attached hydrogens (tertiary/aromatic N) is 3. The molecule has 0 spiro atoms. The molecular formula is C45H31N3. The zero-order chi connectivity index (χ0) is 31.9. The molecule has 9 aromatic rings. The maximum Gasteiger partial charge on any atom is 0.0547 e. The fourth-order valence-electron chi connectivity index (χ4n) is 7.01. The van der Waals surface area contributed by atoms with Crippen LogP contribution in [0.15, 0.2) is 188 Å². The van der Waals surface area contributed by atoms with Gasteiger partial charge in [-0.3, -0.25) is 4.98 Å². The summed E-state index contributed by atoms with van der Waals surface area (Å²) in [5, 5.41) is 2.47. The first-order chi connectivity index (χ1) is 23.8. The Kier molecular flexibility index (Phi) is 6.80. The largest absolute Gasteiger partial charge is 0.310 e. The number of hydrogen-bond acceptors (Lipinski definition) is 2. The highest BCUT2D eigenvalue weighted by Gasteiger charge is 2.17. The Morgan fingerprint density at radius 1 is 0.375 bits per heavy atom. The van der Waals surface area contributed by atoms with Gasteiger partial charge in [-0.2, -0.15) is 0 Å². The first kappa shape index (κ1) is 27.8. The van der Waals surface area contributed by atoms with Gasteiger partial charge < -0.3 is 9.30 Å². The molecule has 0 N–H and O–H groups in total. The second kappa shape index (κ2) is 11.7. The summed E-state index contributed by atoms with van der Waals surface area (Å²) in [7, 11) is 0. The summed E-state index contributed by atoms with van der Waals surface area (Å²) in [5.74, 6) is 0. The molecule has 0 aliphatic heterocycles. The molecule has 3 heterocycles. The molecule has 0 atom stereocenters. The minimum atomic E-state index is 1.06. The molecule has 226 valence electrons. The van der Waals surface area contributed by atoms with Gasteiger partial charge in [0.2, 0.25) is 0 Å². The summed E-state index contributed by atoms with van der Waals surface area (Å²) in [5.41, 5.74) is 14.1. The Hall–Kier alpha value is -6.45. The maximum absolute atomic E-state index is 4.30. The lowest BCUT2D eigenvalue weighted by atomic mass is 10.0. The Labute approximate surface area is 279 Å². The summed E-state index contributed by atoms with van der Waals surface area (Å²) >= 11 is 0. The van der Waals surface area contributed by atoms with Gasteiger partial charge in [0.05, 0.1) is 16.6 Å². The summed E-state index contributed by atoms with van der Waals surface area (Å²) in [6.45, 7) is 0. The van der Waals surface area contributed by atoms with Crippen molar-refractivity contribution in [3.63, 3.8) is 0 Å². The average molecular weight is 614 g/mol. The van der Waals surface area contributed by atoms with Crippen LogP contribution in [0, 0.1) is 0 Å². The Balaban J connectivity index is 1.18. The predicted octanol–water partition coefficient (Wildman–Crippen LogP) is 12.1. The summed E-state index contributed by atoms with van der Waals surface area (Å²) in [4.78, 5) is 6.60. The fourth-order valence-corrected chi connectivity index (χ4v) is 7.01. The van der Waals surface area contributed by atoms with Gasteiger partial charge in [0.25, 0.3) is 0 Å². The summed E-state index contributed by atoms with van der Waals surface area (Å²) < 4.78 is 2.43. The number of hydrogen-bond donors (Lipinski definition) is 0. The van der Waals surface area contributed by atoms with Crippen LogP contribution in [-0.2, 0) is 0 Å². The molecule has 0 radical (unpaired) electrons. The lowest BCUT2D eigenvalue weighted by Gasteiger charge is -2.26. The number of anilines is 3. The van der Waals surface area contributed by atoms with E-state index in [0.717, 1.165) is 22.6 Å². The molecule has 9 rings (SSSR count). The van der Waals surface area contributed by atoms with E-state index in [9.17, 15) is 0 Å². The van der Waals surface area contributed by atoms with Gasteiger partial charge in [0, 0.05) is 40.4 Å². The van der Waals surface area contributed by atoms with Crippen LogP contribution in [0.4, 0.5) is 17.1 Å². The van der Waals surface area contributed by atoms with Crippen molar-refractivity contribution in [3.8, 4) is 33.4 Å².